The van der Waals surface area contributed by atoms with Crippen molar-refractivity contribution in [1.82, 2.24) is 24.8 Å². The molecule has 12 heteroatoms. The number of alkyl halides is 1. The fourth-order valence-corrected chi connectivity index (χ4v) is 8.70. The molecule has 9 nitrogen and oxygen atoms in total. The molecule has 3 aliphatic heterocycles. The standard InChI is InChI=1S/C40H41F3N6O3/c1-2-29-32(42)8-5-24-16-28(50)17-30(34(24)29)36-35(43)37-31(18-44-36)38(48-19-26-6-7-27(20-48)49(26)33(51)15-23-3-4-23)46-39(45-37)52-22-40(11-12-40)21-47-13-9-25(41)10-14-47/h1,5,8,16-18,23,25-27,50H,3-4,6-7,9-15,19-22H2. The van der Waals surface area contributed by atoms with Crippen molar-refractivity contribution >= 4 is 33.4 Å². The number of halogens is 3. The van der Waals surface area contributed by atoms with Crippen molar-refractivity contribution in [3.05, 3.63) is 47.7 Å². The third-order valence-corrected chi connectivity index (χ3v) is 11.9. The summed E-state index contributed by atoms with van der Waals surface area (Å²) in [6.07, 6.45) is 14.1. The highest BCUT2D eigenvalue weighted by molar-refractivity contribution is 6.03. The van der Waals surface area contributed by atoms with Crippen LogP contribution in [0.1, 0.15) is 63.4 Å². The van der Waals surface area contributed by atoms with Gasteiger partial charge in [-0.05, 0) is 80.9 Å². The van der Waals surface area contributed by atoms with E-state index in [4.69, 9.17) is 16.1 Å². The molecule has 2 aromatic carbocycles. The molecule has 5 aliphatic rings. The number of ether oxygens (including phenoxy) is 1. The highest BCUT2D eigenvalue weighted by Gasteiger charge is 2.46. The first kappa shape index (κ1) is 33.2. The van der Waals surface area contributed by atoms with Gasteiger partial charge in [0.1, 0.15) is 34.8 Å². The van der Waals surface area contributed by atoms with E-state index in [1.54, 1.807) is 0 Å². The summed E-state index contributed by atoms with van der Waals surface area (Å²) in [5.74, 6) is 2.01. The van der Waals surface area contributed by atoms with Crippen molar-refractivity contribution in [3.8, 4) is 35.4 Å². The highest BCUT2D eigenvalue weighted by Crippen LogP contribution is 2.47. The average Bonchev–Trinajstić information content (AvgIpc) is 4.08. The molecule has 3 saturated heterocycles. The SMILES string of the molecule is C#Cc1c(F)ccc2cc(O)cc(-c3ncc4c(N5CC6CCC(C5)N6C(=O)CC5CC5)nc(OCC5(CN6CCC(F)CC6)CC5)nc4c3F)c12. The van der Waals surface area contributed by atoms with Crippen molar-refractivity contribution < 1.29 is 27.8 Å². The number of likely N-dealkylation sites (tertiary alicyclic amines) is 1. The third kappa shape index (κ3) is 6.06. The van der Waals surface area contributed by atoms with E-state index in [2.05, 4.69) is 30.6 Å². The number of fused-ring (bicyclic) bond motifs is 4. The number of rotatable bonds is 9. The molecule has 4 aromatic rings. The van der Waals surface area contributed by atoms with Crippen molar-refractivity contribution in [1.29, 1.82) is 0 Å². The Morgan fingerprint density at radius 2 is 1.79 bits per heavy atom. The van der Waals surface area contributed by atoms with E-state index in [1.807, 2.05) is 0 Å². The molecule has 2 atom stereocenters. The lowest BCUT2D eigenvalue weighted by Gasteiger charge is -2.42. The maximum absolute atomic E-state index is 17.0. The maximum Gasteiger partial charge on any atom is 0.319 e. The Hall–Kier alpha value is -4.63. The molecule has 270 valence electrons. The number of phenolic OH excluding ortho intramolecular Hbond substituents is 1. The minimum atomic E-state index is -0.776. The van der Waals surface area contributed by atoms with Crippen LogP contribution in [0.15, 0.2) is 30.5 Å². The summed E-state index contributed by atoms with van der Waals surface area (Å²) in [5, 5.41) is 11.7. The highest BCUT2D eigenvalue weighted by atomic mass is 19.1. The van der Waals surface area contributed by atoms with Crippen LogP contribution in [0.4, 0.5) is 19.0 Å². The van der Waals surface area contributed by atoms with Crippen LogP contribution in [0.2, 0.25) is 0 Å². The van der Waals surface area contributed by atoms with E-state index >= 15 is 4.39 Å². The minimum absolute atomic E-state index is 0.0189. The summed E-state index contributed by atoms with van der Waals surface area (Å²) in [5.41, 5.74) is -0.186. The van der Waals surface area contributed by atoms with Gasteiger partial charge < -0.3 is 24.5 Å². The van der Waals surface area contributed by atoms with Gasteiger partial charge in [0, 0.05) is 73.8 Å². The Kier molecular flexibility index (Phi) is 8.17. The van der Waals surface area contributed by atoms with Gasteiger partial charge in [-0.3, -0.25) is 9.78 Å². The molecule has 52 heavy (non-hydrogen) atoms. The molecule has 2 aliphatic carbocycles. The second-order valence-electron chi connectivity index (χ2n) is 15.6. The van der Waals surface area contributed by atoms with Crippen LogP contribution in [-0.4, -0.2) is 93.4 Å². The number of carbonyl (C=O) groups excluding carboxylic acids is 1. The third-order valence-electron chi connectivity index (χ3n) is 11.9. The number of nitrogens with zero attached hydrogens (tertiary/aromatic N) is 6. The Morgan fingerprint density at radius 3 is 2.48 bits per heavy atom. The molecule has 2 aromatic heterocycles. The molecule has 5 fully saturated rings. The lowest BCUT2D eigenvalue weighted by molar-refractivity contribution is -0.134. The lowest BCUT2D eigenvalue weighted by atomic mass is 9.96. The number of piperazine rings is 1. The monoisotopic (exact) mass is 710 g/mol. The van der Waals surface area contributed by atoms with Gasteiger partial charge in [-0.2, -0.15) is 9.97 Å². The topological polar surface area (TPSA) is 94.9 Å². The Labute approximate surface area is 300 Å². The van der Waals surface area contributed by atoms with E-state index in [9.17, 15) is 18.7 Å². The second-order valence-corrected chi connectivity index (χ2v) is 15.6. The molecule has 2 saturated carbocycles. The predicted molar refractivity (Wildman–Crippen MR) is 191 cm³/mol. The van der Waals surface area contributed by atoms with Crippen LogP contribution in [0.5, 0.6) is 11.8 Å². The summed E-state index contributed by atoms with van der Waals surface area (Å²) in [6.45, 7) is 3.64. The Balaban J connectivity index is 1.10. The fourth-order valence-electron chi connectivity index (χ4n) is 8.70. The van der Waals surface area contributed by atoms with Crippen molar-refractivity contribution in [3.63, 3.8) is 0 Å². The van der Waals surface area contributed by atoms with Gasteiger partial charge in [-0.15, -0.1) is 6.42 Å². The zero-order valence-electron chi connectivity index (χ0n) is 29.0. The number of carbonyl (C=O) groups is 1. The summed E-state index contributed by atoms with van der Waals surface area (Å²) in [7, 11) is 0. The fraction of sp³-hybridized carbons (Fsp3) is 0.500. The molecule has 5 heterocycles. The van der Waals surface area contributed by atoms with Gasteiger partial charge in [0.15, 0.2) is 5.82 Å². The van der Waals surface area contributed by atoms with Crippen LogP contribution in [0.3, 0.4) is 0 Å². The minimum Gasteiger partial charge on any atom is -0.508 e. The zero-order chi connectivity index (χ0) is 35.7. The molecule has 0 spiro atoms. The normalized spacial score (nSPS) is 23.0. The zero-order valence-corrected chi connectivity index (χ0v) is 29.0. The number of benzene rings is 2. The molecule has 1 N–H and O–H groups in total. The van der Waals surface area contributed by atoms with E-state index in [1.165, 1.54) is 30.5 Å². The van der Waals surface area contributed by atoms with Crippen LogP contribution < -0.4 is 9.64 Å². The number of anilines is 1. The first-order valence-corrected chi connectivity index (χ1v) is 18.5. The quantitative estimate of drug-likeness (QED) is 0.200. The number of piperidine rings is 1. The summed E-state index contributed by atoms with van der Waals surface area (Å²) in [4.78, 5) is 33.8. The van der Waals surface area contributed by atoms with Gasteiger partial charge in [-0.25, -0.2) is 13.2 Å². The number of phenols is 1. The Bertz CT molecular complexity index is 2110. The molecule has 9 rings (SSSR count). The smallest absolute Gasteiger partial charge is 0.319 e. The van der Waals surface area contributed by atoms with Gasteiger partial charge >= 0.3 is 6.01 Å². The van der Waals surface area contributed by atoms with E-state index in [0.717, 1.165) is 45.1 Å². The van der Waals surface area contributed by atoms with Crippen molar-refractivity contribution in [2.75, 3.05) is 44.2 Å². The van der Waals surface area contributed by atoms with E-state index in [0.29, 0.717) is 74.6 Å². The van der Waals surface area contributed by atoms with E-state index < -0.39 is 17.8 Å². The van der Waals surface area contributed by atoms with E-state index in [-0.39, 0.29) is 62.9 Å². The number of terminal acetylenes is 1. The lowest BCUT2D eigenvalue weighted by Crippen LogP contribution is -2.56. The molecule has 1 amide bonds. The summed E-state index contributed by atoms with van der Waals surface area (Å²) in [6, 6.07) is 5.56. The van der Waals surface area contributed by atoms with Crippen molar-refractivity contribution in [2.24, 2.45) is 11.3 Å². The average molecular weight is 711 g/mol. The van der Waals surface area contributed by atoms with Gasteiger partial charge in [0.05, 0.1) is 17.6 Å². The van der Waals surface area contributed by atoms with Gasteiger partial charge in [-0.1, -0.05) is 12.0 Å². The van der Waals surface area contributed by atoms with Crippen LogP contribution in [0.25, 0.3) is 32.9 Å². The molecule has 2 bridgehead atoms. The van der Waals surface area contributed by atoms with Crippen LogP contribution in [-0.2, 0) is 4.79 Å². The molecule has 2 unspecified atom stereocenters. The predicted octanol–water partition coefficient (Wildman–Crippen LogP) is 6.38. The first-order chi connectivity index (χ1) is 25.2. The number of pyridine rings is 1. The maximum atomic E-state index is 17.0. The number of hydrogen-bond donors (Lipinski definition) is 1. The van der Waals surface area contributed by atoms with Gasteiger partial charge in [0.2, 0.25) is 5.91 Å². The summed E-state index contributed by atoms with van der Waals surface area (Å²) >= 11 is 0. The number of aromatic nitrogens is 3. The molecular weight excluding hydrogens is 669 g/mol. The molecular formula is C40H41F3N6O3. The number of hydrogen-bond acceptors (Lipinski definition) is 8. The number of aromatic hydroxyl groups is 1. The van der Waals surface area contributed by atoms with Crippen LogP contribution in [0, 0.1) is 35.3 Å². The Morgan fingerprint density at radius 1 is 1.04 bits per heavy atom. The van der Waals surface area contributed by atoms with Crippen LogP contribution >= 0.6 is 0 Å². The number of amides is 1. The summed E-state index contributed by atoms with van der Waals surface area (Å²) < 4.78 is 52.1. The van der Waals surface area contributed by atoms with Crippen molar-refractivity contribution in [2.45, 2.75) is 76.0 Å². The first-order valence-electron chi connectivity index (χ1n) is 18.5. The van der Waals surface area contributed by atoms with Gasteiger partial charge in [0.25, 0.3) is 0 Å². The second kappa shape index (κ2) is 12.8. The largest absolute Gasteiger partial charge is 0.508 e. The molecule has 0 radical (unpaired) electrons.